The topological polar surface area (TPSA) is 55.8 Å². The third-order valence-electron chi connectivity index (χ3n) is 3.04. The van der Waals surface area contributed by atoms with Crippen LogP contribution in [0.2, 0.25) is 0 Å². The highest BCUT2D eigenvalue weighted by Gasteiger charge is 2.20. The van der Waals surface area contributed by atoms with Crippen molar-refractivity contribution in [3.63, 3.8) is 0 Å². The summed E-state index contributed by atoms with van der Waals surface area (Å²) in [6, 6.07) is 5.56. The van der Waals surface area contributed by atoms with Gasteiger partial charge in [0.05, 0.1) is 20.6 Å². The van der Waals surface area contributed by atoms with Crippen molar-refractivity contribution in [1.82, 2.24) is 0 Å². The average molecular weight is 252 g/mol. The number of hydrogen-bond acceptors (Lipinski definition) is 3. The van der Waals surface area contributed by atoms with E-state index in [4.69, 9.17) is 14.6 Å². The Labute approximate surface area is 108 Å². The predicted molar refractivity (Wildman–Crippen MR) is 69.4 cm³/mol. The van der Waals surface area contributed by atoms with Crippen LogP contribution < -0.4 is 9.47 Å². The highest BCUT2D eigenvalue weighted by Crippen LogP contribution is 2.34. The van der Waals surface area contributed by atoms with Gasteiger partial charge in [-0.25, -0.2) is 0 Å². The fourth-order valence-corrected chi connectivity index (χ4v) is 2.01. The first-order chi connectivity index (χ1) is 8.49. The molecular formula is C14H20O4. The molecule has 0 aliphatic heterocycles. The van der Waals surface area contributed by atoms with Crippen LogP contribution in [0.1, 0.15) is 31.7 Å². The lowest BCUT2D eigenvalue weighted by molar-refractivity contribution is -0.137. The zero-order valence-electron chi connectivity index (χ0n) is 11.3. The summed E-state index contributed by atoms with van der Waals surface area (Å²) in [6.45, 7) is 4.04. The van der Waals surface area contributed by atoms with E-state index in [1.807, 2.05) is 32.0 Å². The van der Waals surface area contributed by atoms with Gasteiger partial charge in [-0.1, -0.05) is 19.9 Å². The average Bonchev–Trinajstić information content (AvgIpc) is 2.34. The van der Waals surface area contributed by atoms with Gasteiger partial charge >= 0.3 is 5.97 Å². The van der Waals surface area contributed by atoms with Crippen LogP contribution in [0.3, 0.4) is 0 Å². The summed E-state index contributed by atoms with van der Waals surface area (Å²) in [6.07, 6.45) is 0.118. The van der Waals surface area contributed by atoms with Gasteiger partial charge in [-0.2, -0.15) is 0 Å². The molecule has 0 heterocycles. The molecule has 4 nitrogen and oxygen atoms in total. The molecule has 1 atom stereocenters. The van der Waals surface area contributed by atoms with Crippen LogP contribution in [0.25, 0.3) is 0 Å². The molecule has 4 heteroatoms. The Morgan fingerprint density at radius 1 is 1.22 bits per heavy atom. The molecule has 18 heavy (non-hydrogen) atoms. The number of rotatable bonds is 6. The predicted octanol–water partition coefficient (Wildman–Crippen LogP) is 2.92. The van der Waals surface area contributed by atoms with E-state index in [1.165, 1.54) is 0 Å². The van der Waals surface area contributed by atoms with Crippen molar-refractivity contribution in [3.05, 3.63) is 23.8 Å². The third-order valence-corrected chi connectivity index (χ3v) is 3.04. The molecule has 1 unspecified atom stereocenters. The van der Waals surface area contributed by atoms with Crippen molar-refractivity contribution in [2.45, 2.75) is 26.2 Å². The van der Waals surface area contributed by atoms with E-state index in [2.05, 4.69) is 0 Å². The first-order valence-electron chi connectivity index (χ1n) is 5.93. The Morgan fingerprint density at radius 2 is 1.83 bits per heavy atom. The van der Waals surface area contributed by atoms with Crippen LogP contribution >= 0.6 is 0 Å². The number of carbonyl (C=O) groups is 1. The van der Waals surface area contributed by atoms with Gasteiger partial charge < -0.3 is 14.6 Å². The van der Waals surface area contributed by atoms with Gasteiger partial charge in [0.1, 0.15) is 0 Å². The largest absolute Gasteiger partial charge is 0.493 e. The van der Waals surface area contributed by atoms with Gasteiger partial charge in [-0.3, -0.25) is 4.79 Å². The van der Waals surface area contributed by atoms with Crippen LogP contribution in [0.5, 0.6) is 11.5 Å². The Kier molecular flexibility index (Phi) is 5.01. The third kappa shape index (κ3) is 3.39. The van der Waals surface area contributed by atoms with Crippen molar-refractivity contribution in [3.8, 4) is 11.5 Å². The van der Waals surface area contributed by atoms with E-state index in [0.29, 0.717) is 11.5 Å². The van der Waals surface area contributed by atoms with Crippen LogP contribution in [-0.4, -0.2) is 25.3 Å². The number of hydrogen-bond donors (Lipinski definition) is 1. The number of carboxylic acid groups (broad SMARTS) is 1. The zero-order valence-corrected chi connectivity index (χ0v) is 11.3. The molecule has 1 N–H and O–H groups in total. The molecule has 1 aromatic rings. The summed E-state index contributed by atoms with van der Waals surface area (Å²) in [5, 5.41) is 8.97. The van der Waals surface area contributed by atoms with Crippen molar-refractivity contribution in [1.29, 1.82) is 0 Å². The summed E-state index contributed by atoms with van der Waals surface area (Å²) < 4.78 is 10.4. The normalized spacial score (nSPS) is 12.3. The molecule has 1 aromatic carbocycles. The molecule has 0 spiro atoms. The summed E-state index contributed by atoms with van der Waals surface area (Å²) in [7, 11) is 3.15. The van der Waals surface area contributed by atoms with Gasteiger partial charge in [0.25, 0.3) is 0 Å². The molecule has 1 rings (SSSR count). The molecule has 0 amide bonds. The second kappa shape index (κ2) is 6.28. The summed E-state index contributed by atoms with van der Waals surface area (Å²) in [5.41, 5.74) is 0.963. The maximum atomic E-state index is 10.9. The molecule has 0 bridgehead atoms. The zero-order chi connectivity index (χ0) is 13.7. The van der Waals surface area contributed by atoms with Gasteiger partial charge in [0.2, 0.25) is 0 Å². The van der Waals surface area contributed by atoms with Crippen molar-refractivity contribution in [2.75, 3.05) is 14.2 Å². The molecule has 0 aliphatic rings. The highest BCUT2D eigenvalue weighted by molar-refractivity contribution is 5.68. The minimum atomic E-state index is -0.788. The van der Waals surface area contributed by atoms with Crippen LogP contribution in [-0.2, 0) is 4.79 Å². The number of benzene rings is 1. The molecule has 0 fully saturated rings. The number of methoxy groups -OCH3 is 2. The van der Waals surface area contributed by atoms with Gasteiger partial charge in [0.15, 0.2) is 11.5 Å². The summed E-state index contributed by atoms with van der Waals surface area (Å²) in [5.74, 6) is 0.718. The Morgan fingerprint density at radius 3 is 2.28 bits per heavy atom. The Balaban J connectivity index is 3.09. The number of carboxylic acids is 1. The van der Waals surface area contributed by atoms with Gasteiger partial charge in [0, 0.05) is 0 Å². The van der Waals surface area contributed by atoms with Crippen LogP contribution in [0.4, 0.5) is 0 Å². The lowest BCUT2D eigenvalue weighted by Crippen LogP contribution is -2.12. The summed E-state index contributed by atoms with van der Waals surface area (Å²) >= 11 is 0. The summed E-state index contributed by atoms with van der Waals surface area (Å²) in [4.78, 5) is 10.9. The lowest BCUT2D eigenvalue weighted by atomic mass is 9.85. The Hall–Kier alpha value is -1.71. The minimum Gasteiger partial charge on any atom is -0.493 e. The van der Waals surface area contributed by atoms with E-state index in [-0.39, 0.29) is 18.3 Å². The quantitative estimate of drug-likeness (QED) is 0.845. The maximum absolute atomic E-state index is 10.9. The molecule has 0 saturated carbocycles. The van der Waals surface area contributed by atoms with E-state index in [0.717, 1.165) is 5.56 Å². The van der Waals surface area contributed by atoms with E-state index in [9.17, 15) is 4.79 Å². The van der Waals surface area contributed by atoms with Gasteiger partial charge in [-0.05, 0) is 29.5 Å². The maximum Gasteiger partial charge on any atom is 0.303 e. The first kappa shape index (κ1) is 14.4. The van der Waals surface area contributed by atoms with E-state index >= 15 is 0 Å². The van der Waals surface area contributed by atoms with E-state index in [1.54, 1.807) is 14.2 Å². The minimum absolute atomic E-state index is 0.0256. The SMILES string of the molecule is COc1ccc(C(CC(=O)O)C(C)C)cc1OC. The molecule has 0 aliphatic carbocycles. The van der Waals surface area contributed by atoms with Crippen molar-refractivity contribution in [2.24, 2.45) is 5.92 Å². The fraction of sp³-hybridized carbons (Fsp3) is 0.500. The van der Waals surface area contributed by atoms with Crippen LogP contribution in [0, 0.1) is 5.92 Å². The molecule has 0 saturated heterocycles. The molecule has 0 aromatic heterocycles. The number of ether oxygens (including phenoxy) is 2. The monoisotopic (exact) mass is 252 g/mol. The lowest BCUT2D eigenvalue weighted by Gasteiger charge is -2.20. The van der Waals surface area contributed by atoms with E-state index < -0.39 is 5.97 Å². The van der Waals surface area contributed by atoms with Crippen molar-refractivity contribution >= 4 is 5.97 Å². The molecule has 0 radical (unpaired) electrons. The highest BCUT2D eigenvalue weighted by atomic mass is 16.5. The van der Waals surface area contributed by atoms with Crippen LogP contribution in [0.15, 0.2) is 18.2 Å². The second-order valence-corrected chi connectivity index (χ2v) is 4.56. The standard InChI is InChI=1S/C14H20O4/c1-9(2)11(8-14(15)16)10-5-6-12(17-3)13(7-10)18-4/h5-7,9,11H,8H2,1-4H3,(H,15,16). The number of aliphatic carboxylic acids is 1. The fourth-order valence-electron chi connectivity index (χ4n) is 2.01. The first-order valence-corrected chi connectivity index (χ1v) is 5.93. The van der Waals surface area contributed by atoms with Gasteiger partial charge in [-0.15, -0.1) is 0 Å². The van der Waals surface area contributed by atoms with Crippen molar-refractivity contribution < 1.29 is 19.4 Å². The smallest absolute Gasteiger partial charge is 0.303 e. The molecular weight excluding hydrogens is 232 g/mol. The molecule has 100 valence electrons. The Bertz CT molecular complexity index is 412. The second-order valence-electron chi connectivity index (χ2n) is 4.56.